The minimum absolute atomic E-state index is 0.0213. The van der Waals surface area contributed by atoms with Gasteiger partial charge in [-0.3, -0.25) is 4.79 Å². The summed E-state index contributed by atoms with van der Waals surface area (Å²) in [5.41, 5.74) is 1.82. The molecule has 0 fully saturated rings. The maximum atomic E-state index is 11.9. The van der Waals surface area contributed by atoms with Crippen molar-refractivity contribution in [1.82, 2.24) is 9.97 Å². The summed E-state index contributed by atoms with van der Waals surface area (Å²) < 4.78 is 5.63. The van der Waals surface area contributed by atoms with Crippen LogP contribution in [0.4, 0.5) is 0 Å². The smallest absolute Gasteiger partial charge is 0.255 e. The van der Waals surface area contributed by atoms with Crippen LogP contribution in [0.25, 0.3) is 0 Å². The molecule has 1 aromatic heterocycles. The predicted molar refractivity (Wildman–Crippen MR) is 87.1 cm³/mol. The molecule has 0 radical (unpaired) electrons. The summed E-state index contributed by atoms with van der Waals surface area (Å²) in [6.07, 6.45) is 0.912. The summed E-state index contributed by atoms with van der Waals surface area (Å²) >= 11 is 3.32. The van der Waals surface area contributed by atoms with Gasteiger partial charge in [-0.2, -0.15) is 11.8 Å². The molecule has 110 valence electrons. The molecule has 3 rings (SSSR count). The van der Waals surface area contributed by atoms with Crippen LogP contribution in [0.3, 0.4) is 0 Å². The van der Waals surface area contributed by atoms with Crippen LogP contribution in [0.15, 0.2) is 40.3 Å². The fourth-order valence-electron chi connectivity index (χ4n) is 2.04. The molecule has 1 aliphatic rings. The van der Waals surface area contributed by atoms with Crippen LogP contribution in [0.2, 0.25) is 0 Å². The fraction of sp³-hybridized carbons (Fsp3) is 0.333. The number of benzene rings is 1. The zero-order valence-electron chi connectivity index (χ0n) is 11.5. The van der Waals surface area contributed by atoms with Gasteiger partial charge in [0.2, 0.25) is 0 Å². The van der Waals surface area contributed by atoms with Crippen LogP contribution < -0.4 is 10.3 Å². The van der Waals surface area contributed by atoms with E-state index in [1.165, 1.54) is 0 Å². The van der Waals surface area contributed by atoms with Crippen LogP contribution in [0, 0.1) is 0 Å². The average molecular weight is 320 g/mol. The number of aromatic amines is 1. The third-order valence-corrected chi connectivity index (χ3v) is 5.03. The molecule has 1 N–H and O–H groups in total. The zero-order chi connectivity index (χ0) is 14.5. The Hall–Kier alpha value is -1.40. The van der Waals surface area contributed by atoms with Gasteiger partial charge in [-0.15, -0.1) is 0 Å². The van der Waals surface area contributed by atoms with Crippen molar-refractivity contribution in [2.75, 3.05) is 12.4 Å². The molecule has 0 saturated carbocycles. The van der Waals surface area contributed by atoms with Crippen LogP contribution in [0.5, 0.6) is 5.75 Å². The number of aromatic nitrogens is 2. The fourth-order valence-corrected chi connectivity index (χ4v) is 3.87. The molecular weight excluding hydrogens is 304 g/mol. The maximum absolute atomic E-state index is 11.9. The van der Waals surface area contributed by atoms with Crippen molar-refractivity contribution in [3.05, 3.63) is 51.9 Å². The quantitative estimate of drug-likeness (QED) is 0.503. The van der Waals surface area contributed by atoms with Crippen molar-refractivity contribution in [1.29, 1.82) is 0 Å². The number of hydrogen-bond acceptors (Lipinski definition) is 5. The second-order valence-corrected chi connectivity index (χ2v) is 6.72. The number of nitrogens with one attached hydrogen (secondary N) is 1. The number of para-hydroxylation sites is 1. The molecule has 2 heterocycles. The number of hydrogen-bond donors (Lipinski definition) is 1. The van der Waals surface area contributed by atoms with E-state index in [4.69, 9.17) is 4.74 Å². The van der Waals surface area contributed by atoms with E-state index in [1.54, 1.807) is 23.5 Å². The molecule has 0 unspecified atom stereocenters. The van der Waals surface area contributed by atoms with E-state index < -0.39 is 0 Å². The van der Waals surface area contributed by atoms with Gasteiger partial charge in [0.1, 0.15) is 5.75 Å². The molecule has 0 atom stereocenters. The van der Waals surface area contributed by atoms with Gasteiger partial charge >= 0.3 is 0 Å². The van der Waals surface area contributed by atoms with Crippen LogP contribution >= 0.6 is 23.5 Å². The number of nitrogens with zero attached hydrogens (tertiary/aromatic N) is 1. The van der Waals surface area contributed by atoms with E-state index in [2.05, 4.69) is 9.97 Å². The Balaban J connectivity index is 1.46. The lowest BCUT2D eigenvalue weighted by Crippen LogP contribution is -2.15. The van der Waals surface area contributed by atoms with E-state index >= 15 is 0 Å². The van der Waals surface area contributed by atoms with E-state index in [-0.39, 0.29) is 5.56 Å². The molecule has 0 saturated heterocycles. The molecule has 1 aromatic carbocycles. The van der Waals surface area contributed by atoms with Crippen LogP contribution in [-0.2, 0) is 11.5 Å². The summed E-state index contributed by atoms with van der Waals surface area (Å²) in [7, 11) is 0. The first-order valence-electron chi connectivity index (χ1n) is 6.83. The highest BCUT2D eigenvalue weighted by Gasteiger charge is 2.17. The Morgan fingerprint density at radius 2 is 2.14 bits per heavy atom. The molecular formula is C15H16N2O2S2. The highest BCUT2D eigenvalue weighted by Crippen LogP contribution is 2.26. The third kappa shape index (κ3) is 3.83. The maximum Gasteiger partial charge on any atom is 0.255 e. The highest BCUT2D eigenvalue weighted by molar-refractivity contribution is 7.99. The Morgan fingerprint density at radius 3 is 3.00 bits per heavy atom. The summed E-state index contributed by atoms with van der Waals surface area (Å²) in [5.74, 6) is 3.41. The van der Waals surface area contributed by atoms with Gasteiger partial charge in [-0.05, 0) is 18.6 Å². The lowest BCUT2D eigenvalue weighted by Gasteiger charge is -2.06. The zero-order valence-corrected chi connectivity index (χ0v) is 13.1. The predicted octanol–water partition coefficient (Wildman–Crippen LogP) is 3.08. The molecule has 21 heavy (non-hydrogen) atoms. The Morgan fingerprint density at radius 1 is 1.29 bits per heavy atom. The van der Waals surface area contributed by atoms with Crippen molar-refractivity contribution < 1.29 is 4.74 Å². The van der Waals surface area contributed by atoms with Gasteiger partial charge in [0.25, 0.3) is 5.56 Å². The van der Waals surface area contributed by atoms with Gasteiger partial charge in [0, 0.05) is 22.8 Å². The second-order valence-electron chi connectivity index (χ2n) is 4.65. The Bertz CT molecular complexity index is 658. The average Bonchev–Trinajstić information content (AvgIpc) is 2.97. The highest BCUT2D eigenvalue weighted by atomic mass is 32.2. The first-order chi connectivity index (χ1) is 10.3. The Labute approximate surface area is 131 Å². The van der Waals surface area contributed by atoms with Crippen molar-refractivity contribution in [3.8, 4) is 5.75 Å². The number of thioether (sulfide) groups is 2. The topological polar surface area (TPSA) is 55.0 Å². The van der Waals surface area contributed by atoms with Crippen LogP contribution in [0.1, 0.15) is 17.7 Å². The molecule has 1 aliphatic heterocycles. The monoisotopic (exact) mass is 320 g/mol. The van der Waals surface area contributed by atoms with E-state index in [0.717, 1.165) is 45.8 Å². The summed E-state index contributed by atoms with van der Waals surface area (Å²) in [6.45, 7) is 0.669. The van der Waals surface area contributed by atoms with Gasteiger partial charge < -0.3 is 9.72 Å². The summed E-state index contributed by atoms with van der Waals surface area (Å²) in [4.78, 5) is 19.2. The molecule has 0 amide bonds. The molecule has 2 aromatic rings. The Kier molecular flexibility index (Phi) is 4.87. The first kappa shape index (κ1) is 14.5. The molecule has 0 spiro atoms. The van der Waals surface area contributed by atoms with Crippen molar-refractivity contribution in [2.24, 2.45) is 0 Å². The number of ether oxygens (including phenoxy) is 1. The number of fused-ring (bicyclic) bond motifs is 1. The van der Waals surface area contributed by atoms with Gasteiger partial charge in [-0.25, -0.2) is 4.98 Å². The lowest BCUT2D eigenvalue weighted by molar-refractivity contribution is 0.318. The molecule has 0 aliphatic carbocycles. The largest absolute Gasteiger partial charge is 0.494 e. The molecule has 4 nitrogen and oxygen atoms in total. The summed E-state index contributed by atoms with van der Waals surface area (Å²) in [6, 6.07) is 9.79. The standard InChI is InChI=1S/C15H16N2O2S2/c18-14-12-9-20-10-13(12)16-15(17-14)21-8-4-7-19-11-5-2-1-3-6-11/h1-3,5-6H,4,7-10H2,(H,16,17,18). The SMILES string of the molecule is O=c1[nH]c(SCCCOc2ccccc2)nc2c1CSC2. The van der Waals surface area contributed by atoms with E-state index in [0.29, 0.717) is 6.61 Å². The first-order valence-corrected chi connectivity index (χ1v) is 8.97. The molecule has 6 heteroatoms. The number of H-pyrrole nitrogens is 1. The van der Waals surface area contributed by atoms with Crippen molar-refractivity contribution >= 4 is 23.5 Å². The van der Waals surface area contributed by atoms with Gasteiger partial charge in [0.05, 0.1) is 12.3 Å². The van der Waals surface area contributed by atoms with Crippen molar-refractivity contribution in [2.45, 2.75) is 23.1 Å². The lowest BCUT2D eigenvalue weighted by atomic mass is 10.3. The van der Waals surface area contributed by atoms with Gasteiger partial charge in [-0.1, -0.05) is 30.0 Å². The number of rotatable bonds is 6. The normalized spacial score (nSPS) is 13.1. The van der Waals surface area contributed by atoms with Gasteiger partial charge in [0.15, 0.2) is 5.16 Å². The minimum atomic E-state index is 0.0213. The van der Waals surface area contributed by atoms with Crippen LogP contribution in [-0.4, -0.2) is 22.3 Å². The van der Waals surface area contributed by atoms with Crippen molar-refractivity contribution in [3.63, 3.8) is 0 Å². The van der Waals surface area contributed by atoms with E-state index in [9.17, 15) is 4.79 Å². The third-order valence-electron chi connectivity index (χ3n) is 3.10. The second kappa shape index (κ2) is 7.04. The van der Waals surface area contributed by atoms with E-state index in [1.807, 2.05) is 30.3 Å². The minimum Gasteiger partial charge on any atom is -0.494 e. The summed E-state index contributed by atoms with van der Waals surface area (Å²) in [5, 5.41) is 0.723. The molecule has 0 bridgehead atoms.